The van der Waals surface area contributed by atoms with Crippen molar-refractivity contribution in [3.05, 3.63) is 84.6 Å². The predicted octanol–water partition coefficient (Wildman–Crippen LogP) is 6.95. The van der Waals surface area contributed by atoms with Gasteiger partial charge >= 0.3 is 0 Å². The highest BCUT2D eigenvalue weighted by Crippen LogP contribution is 2.43. The average molecular weight is 553 g/mol. The Bertz CT molecular complexity index is 1470. The van der Waals surface area contributed by atoms with Crippen LogP contribution in [-0.2, 0) is 0 Å². The van der Waals surface area contributed by atoms with Gasteiger partial charge in [-0.1, -0.05) is 47.8 Å². The van der Waals surface area contributed by atoms with Gasteiger partial charge in [0, 0.05) is 9.35 Å². The zero-order chi connectivity index (χ0) is 24.7. The smallest absolute Gasteiger partial charge is 0.297 e. The van der Waals surface area contributed by atoms with E-state index < -0.39 is 6.04 Å². The molecule has 1 unspecified atom stereocenters. The van der Waals surface area contributed by atoms with Crippen LogP contribution < -0.4 is 15.1 Å². The second-order valence-corrected chi connectivity index (χ2v) is 10.8. The van der Waals surface area contributed by atoms with Gasteiger partial charge in [0.05, 0.1) is 29.3 Å². The van der Waals surface area contributed by atoms with Crippen molar-refractivity contribution in [2.24, 2.45) is 0 Å². The van der Waals surface area contributed by atoms with Gasteiger partial charge in [0.2, 0.25) is 5.76 Å². The van der Waals surface area contributed by atoms with E-state index in [4.69, 9.17) is 9.15 Å². The van der Waals surface area contributed by atoms with Crippen LogP contribution in [0, 0.1) is 13.8 Å². The van der Waals surface area contributed by atoms with Crippen LogP contribution in [0.25, 0.3) is 11.0 Å². The van der Waals surface area contributed by atoms with Crippen molar-refractivity contribution in [3.63, 3.8) is 0 Å². The van der Waals surface area contributed by atoms with Crippen molar-refractivity contribution in [1.29, 1.82) is 0 Å². The van der Waals surface area contributed by atoms with E-state index in [0.717, 1.165) is 39.9 Å². The number of aryl methyl sites for hydroxylation is 2. The number of amides is 1. The molecule has 3 heterocycles. The number of hydrogen-bond acceptors (Lipinski definition) is 6. The number of unbranched alkanes of at least 4 members (excludes halogenated alkanes) is 2. The molecule has 4 aromatic rings. The Morgan fingerprint density at radius 3 is 2.71 bits per heavy atom. The highest BCUT2D eigenvalue weighted by molar-refractivity contribution is 9.10. The molecule has 2 aromatic heterocycles. The van der Waals surface area contributed by atoms with Crippen LogP contribution in [0.3, 0.4) is 0 Å². The van der Waals surface area contributed by atoms with Crippen LogP contribution in [0.5, 0.6) is 5.75 Å². The number of anilines is 1. The molecule has 0 spiro atoms. The Labute approximate surface area is 215 Å². The maximum atomic E-state index is 13.8. The summed E-state index contributed by atoms with van der Waals surface area (Å²) in [5.41, 5.74) is 2.12. The van der Waals surface area contributed by atoms with Gasteiger partial charge in [-0.15, -0.1) is 11.3 Å². The summed E-state index contributed by atoms with van der Waals surface area (Å²) < 4.78 is 12.8. The third-order valence-corrected chi connectivity index (χ3v) is 7.81. The maximum absolute atomic E-state index is 13.8. The van der Waals surface area contributed by atoms with Gasteiger partial charge < -0.3 is 9.15 Å². The second kappa shape index (κ2) is 9.59. The molecule has 6 nitrogen and oxygen atoms in total. The maximum Gasteiger partial charge on any atom is 0.297 e. The van der Waals surface area contributed by atoms with Crippen LogP contribution >= 0.6 is 27.3 Å². The number of fused-ring (bicyclic) bond motifs is 2. The first-order valence-corrected chi connectivity index (χ1v) is 13.3. The fourth-order valence-electron chi connectivity index (χ4n) is 4.33. The molecule has 0 aliphatic carbocycles. The largest absolute Gasteiger partial charge is 0.494 e. The molecule has 180 valence electrons. The summed E-state index contributed by atoms with van der Waals surface area (Å²) in [5.74, 6) is 0.406. The third kappa shape index (κ3) is 4.29. The SMILES string of the molecule is CCCCCOc1cccc(C2c3c(oc4ccc(Br)cc4c3=O)C(=O)N2c2nc(C)c(C)s2)c1. The first-order chi connectivity index (χ1) is 16.9. The van der Waals surface area contributed by atoms with E-state index in [2.05, 4.69) is 27.8 Å². The van der Waals surface area contributed by atoms with Gasteiger partial charge in [-0.25, -0.2) is 4.98 Å². The predicted molar refractivity (Wildman–Crippen MR) is 142 cm³/mol. The Morgan fingerprint density at radius 1 is 1.14 bits per heavy atom. The quantitative estimate of drug-likeness (QED) is 0.232. The zero-order valence-electron chi connectivity index (χ0n) is 19.8. The molecule has 1 atom stereocenters. The monoisotopic (exact) mass is 552 g/mol. The van der Waals surface area contributed by atoms with E-state index in [0.29, 0.717) is 34.0 Å². The summed E-state index contributed by atoms with van der Waals surface area (Å²) in [7, 11) is 0. The minimum atomic E-state index is -0.665. The fraction of sp³-hybridized carbons (Fsp3) is 0.296. The summed E-state index contributed by atoms with van der Waals surface area (Å²) in [5, 5.41) is 0.969. The lowest BCUT2D eigenvalue weighted by molar-refractivity contribution is 0.0971. The lowest BCUT2D eigenvalue weighted by atomic mass is 9.98. The normalized spacial score (nSPS) is 15.1. The number of hydrogen-bond donors (Lipinski definition) is 0. The summed E-state index contributed by atoms with van der Waals surface area (Å²) in [6.07, 6.45) is 3.19. The molecule has 1 amide bonds. The molecule has 1 aliphatic heterocycles. The van der Waals surface area contributed by atoms with Crippen molar-refractivity contribution < 1.29 is 13.9 Å². The molecular weight excluding hydrogens is 528 g/mol. The van der Waals surface area contributed by atoms with E-state index in [9.17, 15) is 9.59 Å². The van der Waals surface area contributed by atoms with E-state index >= 15 is 0 Å². The summed E-state index contributed by atoms with van der Waals surface area (Å²) in [6.45, 7) is 6.66. The standard InChI is InChI=1S/C27H25BrN2O4S/c1-4-5-6-12-33-19-9-7-8-17(13-19)23-22-24(31)20-14-18(28)10-11-21(20)34-25(22)26(32)30(23)27-29-15(2)16(3)35-27/h7-11,13-14,23H,4-6,12H2,1-3H3. The van der Waals surface area contributed by atoms with Crippen LogP contribution in [0.2, 0.25) is 0 Å². The van der Waals surface area contributed by atoms with Gasteiger partial charge in [-0.05, 0) is 56.2 Å². The molecule has 0 radical (unpaired) electrons. The van der Waals surface area contributed by atoms with E-state index in [-0.39, 0.29) is 17.1 Å². The number of thiazole rings is 1. The first kappa shape index (κ1) is 23.8. The summed E-state index contributed by atoms with van der Waals surface area (Å²) in [6, 6.07) is 12.2. The van der Waals surface area contributed by atoms with Gasteiger partial charge in [0.1, 0.15) is 11.3 Å². The van der Waals surface area contributed by atoms with Gasteiger partial charge in [0.15, 0.2) is 10.6 Å². The lowest BCUT2D eigenvalue weighted by Gasteiger charge is -2.23. The van der Waals surface area contributed by atoms with Crippen molar-refractivity contribution in [2.45, 2.75) is 46.1 Å². The number of benzene rings is 2. The fourth-order valence-corrected chi connectivity index (χ4v) is 5.63. The second-order valence-electron chi connectivity index (χ2n) is 8.66. The van der Waals surface area contributed by atoms with Crippen molar-refractivity contribution in [3.8, 4) is 5.75 Å². The zero-order valence-corrected chi connectivity index (χ0v) is 22.2. The lowest BCUT2D eigenvalue weighted by Crippen LogP contribution is -2.29. The molecule has 0 fully saturated rings. The first-order valence-electron chi connectivity index (χ1n) is 11.7. The molecule has 8 heteroatoms. The Kier molecular flexibility index (Phi) is 6.51. The number of aromatic nitrogens is 1. The molecule has 35 heavy (non-hydrogen) atoms. The molecule has 0 saturated heterocycles. The van der Waals surface area contributed by atoms with Crippen molar-refractivity contribution >= 4 is 49.3 Å². The topological polar surface area (TPSA) is 72.6 Å². The summed E-state index contributed by atoms with van der Waals surface area (Å²) >= 11 is 4.87. The highest BCUT2D eigenvalue weighted by atomic mass is 79.9. The van der Waals surface area contributed by atoms with Crippen LogP contribution in [0.15, 0.2) is 56.1 Å². The van der Waals surface area contributed by atoms with Gasteiger partial charge in [-0.2, -0.15) is 0 Å². The number of carbonyl (C=O) groups is 1. The number of carbonyl (C=O) groups excluding carboxylic acids is 1. The molecule has 0 N–H and O–H groups in total. The van der Waals surface area contributed by atoms with Crippen LogP contribution in [-0.4, -0.2) is 17.5 Å². The Balaban J connectivity index is 1.68. The van der Waals surface area contributed by atoms with Gasteiger partial charge in [-0.3, -0.25) is 14.5 Å². The summed E-state index contributed by atoms with van der Waals surface area (Å²) in [4.78, 5) is 34.7. The molecule has 0 bridgehead atoms. The minimum absolute atomic E-state index is 0.0644. The molecule has 1 aliphatic rings. The minimum Gasteiger partial charge on any atom is -0.494 e. The van der Waals surface area contributed by atoms with E-state index in [1.54, 1.807) is 23.1 Å². The number of rotatable bonds is 7. The van der Waals surface area contributed by atoms with Crippen LogP contribution in [0.4, 0.5) is 5.13 Å². The van der Waals surface area contributed by atoms with Crippen molar-refractivity contribution in [1.82, 2.24) is 4.98 Å². The highest BCUT2D eigenvalue weighted by Gasteiger charge is 2.45. The molecule has 0 saturated carbocycles. The average Bonchev–Trinajstić information content (AvgIpc) is 3.33. The number of nitrogens with zero attached hydrogens (tertiary/aromatic N) is 2. The van der Waals surface area contributed by atoms with Gasteiger partial charge in [0.25, 0.3) is 5.91 Å². The van der Waals surface area contributed by atoms with Crippen molar-refractivity contribution in [2.75, 3.05) is 11.5 Å². The van der Waals surface area contributed by atoms with E-state index in [1.165, 1.54) is 11.3 Å². The van der Waals surface area contributed by atoms with E-state index in [1.807, 2.05) is 38.1 Å². The number of ether oxygens (including phenoxy) is 1. The Morgan fingerprint density at radius 2 is 1.97 bits per heavy atom. The Hall–Kier alpha value is -2.97. The number of halogens is 1. The third-order valence-electron chi connectivity index (χ3n) is 6.25. The molecule has 2 aromatic carbocycles. The van der Waals surface area contributed by atoms with Crippen LogP contribution in [0.1, 0.15) is 64.5 Å². The molecule has 5 rings (SSSR count). The molecular formula is C27H25BrN2O4S.